The van der Waals surface area contributed by atoms with Crippen LogP contribution in [0.4, 0.5) is 13.2 Å². The molecule has 0 radical (unpaired) electrons. The van der Waals surface area contributed by atoms with Gasteiger partial charge in [0.1, 0.15) is 6.04 Å². The van der Waals surface area contributed by atoms with E-state index in [1.807, 2.05) is 0 Å². The molecule has 0 aliphatic carbocycles. The lowest BCUT2D eigenvalue weighted by Crippen LogP contribution is -2.50. The number of benzene rings is 1. The van der Waals surface area contributed by atoms with Crippen molar-refractivity contribution in [2.75, 3.05) is 6.54 Å². The third kappa shape index (κ3) is 6.55. The molecule has 1 aromatic rings. The van der Waals surface area contributed by atoms with Crippen LogP contribution in [0.5, 0.6) is 0 Å². The fourth-order valence-corrected chi connectivity index (χ4v) is 2.23. The van der Waals surface area contributed by atoms with Gasteiger partial charge < -0.3 is 15.7 Å². The number of rotatable bonds is 7. The Bertz CT molecular complexity index is 609. The average Bonchev–Trinajstić information content (AvgIpc) is 2.51. The molecule has 0 unspecified atom stereocenters. The number of aliphatic hydroxyl groups excluding tert-OH is 1. The van der Waals surface area contributed by atoms with Crippen molar-refractivity contribution in [3.63, 3.8) is 0 Å². The van der Waals surface area contributed by atoms with Crippen LogP contribution in [-0.2, 0) is 4.79 Å². The molecule has 3 N–H and O–H groups in total. The largest absolute Gasteiger partial charge is 0.414 e. The number of hydrogen-bond acceptors (Lipinski definition) is 3. The molecule has 0 aliphatic rings. The summed E-state index contributed by atoms with van der Waals surface area (Å²) in [7, 11) is 0. The lowest BCUT2D eigenvalue weighted by Gasteiger charge is -2.22. The van der Waals surface area contributed by atoms with Crippen LogP contribution in [0, 0.1) is 5.92 Å². The first-order valence-electron chi connectivity index (χ1n) is 7.62. The summed E-state index contributed by atoms with van der Waals surface area (Å²) in [6, 6.07) is 5.33. The maximum atomic E-state index is 12.2. The maximum absolute atomic E-state index is 12.2. The first kappa shape index (κ1) is 21.2. The standard InChI is InChI=1S/C16H20ClF3N2O3/c1-9(2)13(15(25)21-8-7-12(23)16(18,19)20)22-14(24)10-5-3-4-6-11(10)17/h3-6,9,12-13,23H,7-8H2,1-2H3,(H,21,25)(H,22,24)/t12-,13-/m0/s1. The van der Waals surface area contributed by atoms with E-state index in [1.54, 1.807) is 26.0 Å². The van der Waals surface area contributed by atoms with E-state index in [2.05, 4.69) is 10.6 Å². The van der Waals surface area contributed by atoms with Gasteiger partial charge in [0.2, 0.25) is 5.91 Å². The van der Waals surface area contributed by atoms with Crippen LogP contribution in [0.2, 0.25) is 5.02 Å². The van der Waals surface area contributed by atoms with E-state index in [1.165, 1.54) is 12.1 Å². The third-order valence-corrected chi connectivity index (χ3v) is 3.78. The molecular formula is C16H20ClF3N2O3. The number of alkyl halides is 3. The number of hydrogen-bond donors (Lipinski definition) is 3. The van der Waals surface area contributed by atoms with Crippen LogP contribution < -0.4 is 10.6 Å². The molecule has 0 fully saturated rings. The molecule has 2 atom stereocenters. The minimum absolute atomic E-state index is 0.190. The molecule has 0 saturated carbocycles. The Balaban J connectivity index is 2.66. The van der Waals surface area contributed by atoms with Crippen molar-refractivity contribution in [1.29, 1.82) is 0 Å². The van der Waals surface area contributed by atoms with E-state index in [4.69, 9.17) is 16.7 Å². The van der Waals surface area contributed by atoms with E-state index in [0.29, 0.717) is 0 Å². The number of aliphatic hydroxyl groups is 1. The van der Waals surface area contributed by atoms with Gasteiger partial charge in [-0.25, -0.2) is 0 Å². The summed E-state index contributed by atoms with van der Waals surface area (Å²) in [5, 5.41) is 13.9. The zero-order valence-electron chi connectivity index (χ0n) is 13.7. The van der Waals surface area contributed by atoms with Gasteiger partial charge in [-0.1, -0.05) is 37.6 Å². The predicted molar refractivity (Wildman–Crippen MR) is 87.2 cm³/mol. The molecule has 0 aliphatic heterocycles. The molecule has 0 heterocycles. The molecule has 5 nitrogen and oxygen atoms in total. The second kappa shape index (κ2) is 9.05. The van der Waals surface area contributed by atoms with Crippen molar-refractivity contribution >= 4 is 23.4 Å². The van der Waals surface area contributed by atoms with Gasteiger partial charge in [0, 0.05) is 6.54 Å². The number of carbonyl (C=O) groups is 2. The fourth-order valence-electron chi connectivity index (χ4n) is 2.01. The summed E-state index contributed by atoms with van der Waals surface area (Å²) >= 11 is 5.93. The van der Waals surface area contributed by atoms with E-state index in [-0.39, 0.29) is 23.0 Å². The summed E-state index contributed by atoms with van der Waals surface area (Å²) < 4.78 is 36.7. The van der Waals surface area contributed by atoms with Crippen molar-refractivity contribution in [2.45, 2.75) is 38.6 Å². The number of amides is 2. The van der Waals surface area contributed by atoms with Gasteiger partial charge in [0.05, 0.1) is 10.6 Å². The van der Waals surface area contributed by atoms with E-state index >= 15 is 0 Å². The molecule has 0 spiro atoms. The summed E-state index contributed by atoms with van der Waals surface area (Å²) in [6.45, 7) is 2.99. The van der Waals surface area contributed by atoms with Gasteiger partial charge in [0.15, 0.2) is 6.10 Å². The normalized spacial score (nSPS) is 14.1. The summed E-state index contributed by atoms with van der Waals surface area (Å²) in [5.41, 5.74) is 0.190. The SMILES string of the molecule is CC(C)[C@H](NC(=O)c1ccccc1Cl)C(=O)NCC[C@H](O)C(F)(F)F. The molecule has 0 saturated heterocycles. The second-order valence-electron chi connectivity index (χ2n) is 5.81. The molecule has 1 aromatic carbocycles. The fraction of sp³-hybridized carbons (Fsp3) is 0.500. The van der Waals surface area contributed by atoms with E-state index in [9.17, 15) is 22.8 Å². The first-order valence-corrected chi connectivity index (χ1v) is 7.99. The Morgan fingerprint density at radius 1 is 1.24 bits per heavy atom. The average molecular weight is 381 g/mol. The van der Waals surface area contributed by atoms with Gasteiger partial charge in [-0.2, -0.15) is 13.2 Å². The Labute approximate surface area is 148 Å². The quantitative estimate of drug-likeness (QED) is 0.680. The third-order valence-electron chi connectivity index (χ3n) is 3.45. The van der Waals surface area contributed by atoms with Crippen LogP contribution in [0.15, 0.2) is 24.3 Å². The van der Waals surface area contributed by atoms with Gasteiger partial charge in [-0.3, -0.25) is 9.59 Å². The monoisotopic (exact) mass is 380 g/mol. The minimum Gasteiger partial charge on any atom is -0.384 e. The molecule has 1 rings (SSSR count). The highest BCUT2D eigenvalue weighted by molar-refractivity contribution is 6.33. The molecule has 0 aromatic heterocycles. The summed E-state index contributed by atoms with van der Waals surface area (Å²) in [5.74, 6) is -1.50. The minimum atomic E-state index is -4.74. The first-order chi connectivity index (χ1) is 11.5. The molecule has 140 valence electrons. The lowest BCUT2D eigenvalue weighted by molar-refractivity contribution is -0.205. The zero-order chi connectivity index (χ0) is 19.2. The van der Waals surface area contributed by atoms with Crippen molar-refractivity contribution in [2.24, 2.45) is 5.92 Å². The van der Waals surface area contributed by atoms with Gasteiger partial charge >= 0.3 is 6.18 Å². The number of carbonyl (C=O) groups excluding carboxylic acids is 2. The molecule has 25 heavy (non-hydrogen) atoms. The second-order valence-corrected chi connectivity index (χ2v) is 6.22. The molecule has 9 heteroatoms. The van der Waals surface area contributed by atoms with Crippen molar-refractivity contribution in [3.8, 4) is 0 Å². The Morgan fingerprint density at radius 3 is 2.36 bits per heavy atom. The number of nitrogens with one attached hydrogen (secondary N) is 2. The highest BCUT2D eigenvalue weighted by atomic mass is 35.5. The number of halogens is 4. The highest BCUT2D eigenvalue weighted by Gasteiger charge is 2.37. The Morgan fingerprint density at radius 2 is 1.84 bits per heavy atom. The smallest absolute Gasteiger partial charge is 0.384 e. The van der Waals surface area contributed by atoms with Gasteiger partial charge in [0.25, 0.3) is 5.91 Å². The van der Waals surface area contributed by atoms with Crippen LogP contribution in [0.25, 0.3) is 0 Å². The predicted octanol–water partition coefficient (Wildman–Crippen LogP) is 2.52. The summed E-state index contributed by atoms with van der Waals surface area (Å²) in [4.78, 5) is 24.4. The summed E-state index contributed by atoms with van der Waals surface area (Å²) in [6.07, 6.45) is -7.91. The molecule has 2 amide bonds. The lowest BCUT2D eigenvalue weighted by atomic mass is 10.0. The maximum Gasteiger partial charge on any atom is 0.414 e. The van der Waals surface area contributed by atoms with Crippen LogP contribution in [0.1, 0.15) is 30.6 Å². The van der Waals surface area contributed by atoms with Crippen LogP contribution in [0.3, 0.4) is 0 Å². The van der Waals surface area contributed by atoms with Crippen LogP contribution >= 0.6 is 11.6 Å². The molecular weight excluding hydrogens is 361 g/mol. The Kier molecular flexibility index (Phi) is 7.69. The van der Waals surface area contributed by atoms with E-state index in [0.717, 1.165) is 0 Å². The molecule has 0 bridgehead atoms. The van der Waals surface area contributed by atoms with Crippen molar-refractivity contribution < 1.29 is 27.9 Å². The topological polar surface area (TPSA) is 78.4 Å². The van der Waals surface area contributed by atoms with Crippen molar-refractivity contribution in [1.82, 2.24) is 10.6 Å². The van der Waals surface area contributed by atoms with Gasteiger partial charge in [-0.15, -0.1) is 0 Å². The van der Waals surface area contributed by atoms with Crippen molar-refractivity contribution in [3.05, 3.63) is 34.9 Å². The van der Waals surface area contributed by atoms with Crippen LogP contribution in [-0.4, -0.2) is 41.8 Å². The Hall–Kier alpha value is -1.80. The zero-order valence-corrected chi connectivity index (χ0v) is 14.5. The highest BCUT2D eigenvalue weighted by Crippen LogP contribution is 2.21. The van der Waals surface area contributed by atoms with Gasteiger partial charge in [-0.05, 0) is 24.5 Å². The van der Waals surface area contributed by atoms with E-state index < -0.39 is 36.6 Å².